The molecule has 184 valence electrons. The van der Waals surface area contributed by atoms with Crippen molar-refractivity contribution in [2.24, 2.45) is 0 Å². The summed E-state index contributed by atoms with van der Waals surface area (Å²) in [5, 5.41) is 2.89. The quantitative estimate of drug-likeness (QED) is 0.201. The zero-order chi connectivity index (χ0) is 25.3. The van der Waals surface area contributed by atoms with E-state index in [0.29, 0.717) is 9.80 Å². The molecule has 0 aliphatic rings. The average Bonchev–Trinajstić information content (AvgIpc) is 2.85. The summed E-state index contributed by atoms with van der Waals surface area (Å²) in [6, 6.07) is 24.9. The fraction of sp³-hybridized carbons (Fsp3) is 0.222. The van der Waals surface area contributed by atoms with Gasteiger partial charge in [-0.05, 0) is 64.1 Å². The fourth-order valence-corrected chi connectivity index (χ4v) is 7.48. The summed E-state index contributed by atoms with van der Waals surface area (Å²) in [6.45, 7) is 7.88. The summed E-state index contributed by atoms with van der Waals surface area (Å²) in [4.78, 5) is 15.1. The minimum absolute atomic E-state index is 0.145. The first-order valence-electron chi connectivity index (χ1n) is 11.3. The number of benzene rings is 3. The van der Waals surface area contributed by atoms with Crippen molar-refractivity contribution in [2.45, 2.75) is 37.5 Å². The first-order chi connectivity index (χ1) is 16.8. The predicted molar refractivity (Wildman–Crippen MR) is 146 cm³/mol. The Morgan fingerprint density at radius 2 is 1.23 bits per heavy atom. The number of aryl methyl sites for hydroxylation is 2. The molecule has 0 fully saturated rings. The van der Waals surface area contributed by atoms with Gasteiger partial charge in [0.1, 0.15) is 0 Å². The monoisotopic (exact) mass is 527 g/mol. The summed E-state index contributed by atoms with van der Waals surface area (Å²) in [5.74, 6) is -0.383. The Hall–Kier alpha value is -2.28. The second kappa shape index (κ2) is 13.1. The number of nitrogens with one attached hydrogen (secondary N) is 1. The Morgan fingerprint density at radius 1 is 0.771 bits per heavy atom. The van der Waals surface area contributed by atoms with Gasteiger partial charge < -0.3 is 14.4 Å². The maximum atomic E-state index is 14.1. The van der Waals surface area contributed by atoms with Crippen LogP contribution in [0.15, 0.2) is 98.3 Å². The number of hydrogen-bond acceptors (Lipinski definition) is 6. The molecule has 8 heteroatoms. The molecule has 1 amide bonds. The van der Waals surface area contributed by atoms with Crippen molar-refractivity contribution < 1.29 is 18.4 Å². The van der Waals surface area contributed by atoms with Gasteiger partial charge in [-0.3, -0.25) is 9.36 Å². The Morgan fingerprint density at radius 3 is 1.66 bits per heavy atom. The van der Waals surface area contributed by atoms with E-state index in [4.69, 9.17) is 9.05 Å². The van der Waals surface area contributed by atoms with Crippen LogP contribution < -0.4 is 5.32 Å². The lowest BCUT2D eigenvalue weighted by molar-refractivity contribution is 0.0964. The van der Waals surface area contributed by atoms with Gasteiger partial charge in [0.2, 0.25) is 0 Å². The van der Waals surface area contributed by atoms with Crippen molar-refractivity contribution in [3.8, 4) is 0 Å². The zero-order valence-electron chi connectivity index (χ0n) is 20.3. The highest BCUT2D eigenvalue weighted by Gasteiger charge is 2.35. The average molecular weight is 528 g/mol. The van der Waals surface area contributed by atoms with E-state index in [-0.39, 0.29) is 24.6 Å². The van der Waals surface area contributed by atoms with Crippen LogP contribution in [0.3, 0.4) is 0 Å². The molecule has 0 saturated heterocycles. The highest BCUT2D eigenvalue weighted by atomic mass is 32.2. The van der Waals surface area contributed by atoms with Gasteiger partial charge in [0.05, 0.1) is 17.5 Å². The van der Waals surface area contributed by atoms with Crippen molar-refractivity contribution in [2.75, 3.05) is 13.2 Å². The first-order valence-corrected chi connectivity index (χ1v) is 14.5. The lowest BCUT2D eigenvalue weighted by atomic mass is 10.2. The minimum atomic E-state index is -3.85. The van der Waals surface area contributed by atoms with E-state index >= 15 is 0 Å². The standard InChI is InChI=1S/C27H30NO4PS2/c1-5-31-33(30,32-6-2)26(28-25(29)22-10-8-7-9-11-22)27(34-23-16-12-20(3)13-17-23)35-24-18-14-21(4)15-19-24/h7-19H,5-6H2,1-4H3,(H,28,29). The van der Waals surface area contributed by atoms with Crippen LogP contribution in [-0.2, 0) is 13.6 Å². The maximum Gasteiger partial charge on any atom is 0.379 e. The summed E-state index contributed by atoms with van der Waals surface area (Å²) < 4.78 is 26.1. The Bertz CT molecular complexity index is 1140. The number of thioether (sulfide) groups is 2. The fourth-order valence-electron chi connectivity index (χ4n) is 3.05. The number of carbonyl (C=O) groups excluding carboxylic acids is 1. The molecule has 0 aliphatic heterocycles. The predicted octanol–water partition coefficient (Wildman–Crippen LogP) is 8.01. The number of hydrogen-bond donors (Lipinski definition) is 1. The van der Waals surface area contributed by atoms with E-state index < -0.39 is 7.60 Å². The van der Waals surface area contributed by atoms with Gasteiger partial charge in [-0.2, -0.15) is 0 Å². The van der Waals surface area contributed by atoms with E-state index in [0.717, 1.165) is 20.9 Å². The third-order valence-electron chi connectivity index (χ3n) is 4.80. The smallest absolute Gasteiger partial charge is 0.314 e. The molecule has 0 unspecified atom stereocenters. The number of amides is 1. The van der Waals surface area contributed by atoms with Gasteiger partial charge in [0, 0.05) is 15.4 Å². The molecule has 3 rings (SSSR count). The highest BCUT2D eigenvalue weighted by Crippen LogP contribution is 2.60. The first kappa shape index (κ1) is 27.3. The molecule has 0 radical (unpaired) electrons. The molecule has 1 N–H and O–H groups in total. The zero-order valence-corrected chi connectivity index (χ0v) is 22.8. The largest absolute Gasteiger partial charge is 0.379 e. The van der Waals surface area contributed by atoms with Gasteiger partial charge in [0.15, 0.2) is 5.44 Å². The summed E-state index contributed by atoms with van der Waals surface area (Å²) >= 11 is 2.83. The van der Waals surface area contributed by atoms with Crippen LogP contribution in [0.4, 0.5) is 0 Å². The van der Waals surface area contributed by atoms with Crippen LogP contribution in [0.2, 0.25) is 0 Å². The van der Waals surface area contributed by atoms with Crippen LogP contribution in [0.5, 0.6) is 0 Å². The van der Waals surface area contributed by atoms with Gasteiger partial charge in [-0.1, -0.05) is 77.1 Å². The minimum Gasteiger partial charge on any atom is -0.314 e. The summed E-state index contributed by atoms with van der Waals surface area (Å²) in [5.41, 5.74) is 2.87. The molecule has 0 aliphatic carbocycles. The Balaban J connectivity index is 2.15. The van der Waals surface area contributed by atoms with E-state index in [1.807, 2.05) is 68.4 Å². The van der Waals surface area contributed by atoms with Crippen LogP contribution in [-0.4, -0.2) is 19.1 Å². The molecule has 0 aromatic heterocycles. The summed E-state index contributed by atoms with van der Waals surface area (Å²) in [6.07, 6.45) is 0. The molecule has 0 heterocycles. The molecule has 0 atom stereocenters. The van der Waals surface area contributed by atoms with Crippen LogP contribution >= 0.6 is 31.1 Å². The molecule has 5 nitrogen and oxygen atoms in total. The highest BCUT2D eigenvalue weighted by molar-refractivity contribution is 8.22. The molecular formula is C27H30NO4PS2. The third kappa shape index (κ3) is 7.86. The second-order valence-corrected chi connectivity index (χ2v) is 12.0. The van der Waals surface area contributed by atoms with Crippen LogP contribution in [0.25, 0.3) is 0 Å². The van der Waals surface area contributed by atoms with E-state index in [1.54, 1.807) is 38.1 Å². The molecule has 3 aromatic rings. The van der Waals surface area contributed by atoms with Crippen LogP contribution in [0.1, 0.15) is 35.3 Å². The van der Waals surface area contributed by atoms with Crippen LogP contribution in [0, 0.1) is 13.8 Å². The van der Waals surface area contributed by atoms with Gasteiger partial charge in [-0.25, -0.2) is 0 Å². The summed E-state index contributed by atoms with van der Waals surface area (Å²) in [7, 11) is -3.85. The number of carbonyl (C=O) groups is 1. The topological polar surface area (TPSA) is 64.6 Å². The van der Waals surface area contributed by atoms with Crippen molar-refractivity contribution in [1.29, 1.82) is 0 Å². The molecule has 0 bridgehead atoms. The lowest BCUT2D eigenvalue weighted by Crippen LogP contribution is -2.25. The van der Waals surface area contributed by atoms with Gasteiger partial charge >= 0.3 is 7.60 Å². The third-order valence-corrected chi connectivity index (χ3v) is 9.47. The SMILES string of the molecule is CCOP(=O)(OCC)C(NC(=O)c1ccccc1)=C(Sc1ccc(C)cc1)Sc1ccc(C)cc1. The van der Waals surface area contributed by atoms with E-state index in [9.17, 15) is 9.36 Å². The molecule has 35 heavy (non-hydrogen) atoms. The Kier molecular flexibility index (Phi) is 10.3. The van der Waals surface area contributed by atoms with Crippen molar-refractivity contribution in [3.05, 3.63) is 105 Å². The normalized spacial score (nSPS) is 11.2. The number of rotatable bonds is 11. The lowest BCUT2D eigenvalue weighted by Gasteiger charge is -2.23. The van der Waals surface area contributed by atoms with Gasteiger partial charge in [-0.15, -0.1) is 0 Å². The molecule has 0 spiro atoms. The van der Waals surface area contributed by atoms with Crippen molar-refractivity contribution in [1.82, 2.24) is 5.32 Å². The molecule has 3 aromatic carbocycles. The molecule has 0 saturated carbocycles. The van der Waals surface area contributed by atoms with Crippen molar-refractivity contribution >= 4 is 37.0 Å². The van der Waals surface area contributed by atoms with Crippen molar-refractivity contribution in [3.63, 3.8) is 0 Å². The molecular weight excluding hydrogens is 497 g/mol. The van der Waals surface area contributed by atoms with Gasteiger partial charge in [0.25, 0.3) is 5.91 Å². The Labute approximate surface area is 216 Å². The van der Waals surface area contributed by atoms with E-state index in [2.05, 4.69) is 5.32 Å². The van der Waals surface area contributed by atoms with E-state index in [1.165, 1.54) is 23.5 Å². The second-order valence-electron chi connectivity index (χ2n) is 7.62. The maximum absolute atomic E-state index is 14.1.